The minimum absolute atomic E-state index is 0.0414. The van der Waals surface area contributed by atoms with Crippen molar-refractivity contribution in [1.29, 1.82) is 0 Å². The number of amides is 3. The van der Waals surface area contributed by atoms with Gasteiger partial charge in [-0.15, -0.1) is 0 Å². The Balaban J connectivity index is 1.46. The Hall–Kier alpha value is -4.11. The molecule has 5 atom stereocenters. The first-order valence-electron chi connectivity index (χ1n) is 12.4. The van der Waals surface area contributed by atoms with Crippen LogP contribution in [0.3, 0.4) is 0 Å². The summed E-state index contributed by atoms with van der Waals surface area (Å²) in [7, 11) is 0. The SMILES string of the molecule is C[C@H](NC(=O)[C@H](O)c1cc(F)cc(F)c1)C(=O)N[C@H]1C[C@@H](c2ccccc2)C[C@@H](c2ccccc2)NC1=O. The molecule has 0 spiro atoms. The molecule has 0 radical (unpaired) electrons. The highest BCUT2D eigenvalue weighted by Crippen LogP contribution is 2.34. The van der Waals surface area contributed by atoms with E-state index >= 15 is 0 Å². The van der Waals surface area contributed by atoms with E-state index < -0.39 is 41.6 Å². The molecule has 3 aromatic carbocycles. The van der Waals surface area contributed by atoms with Gasteiger partial charge in [-0.1, -0.05) is 60.7 Å². The van der Waals surface area contributed by atoms with E-state index in [2.05, 4.69) is 16.0 Å². The van der Waals surface area contributed by atoms with Crippen LogP contribution in [0.1, 0.15) is 54.5 Å². The van der Waals surface area contributed by atoms with Crippen molar-refractivity contribution in [1.82, 2.24) is 16.0 Å². The molecule has 3 amide bonds. The zero-order valence-electron chi connectivity index (χ0n) is 20.7. The number of halogens is 2. The van der Waals surface area contributed by atoms with Gasteiger partial charge in [0.25, 0.3) is 5.91 Å². The molecule has 0 saturated carbocycles. The maximum atomic E-state index is 13.5. The molecule has 9 heteroatoms. The molecule has 3 aromatic rings. The molecule has 7 nitrogen and oxygen atoms in total. The summed E-state index contributed by atoms with van der Waals surface area (Å²) in [6.45, 7) is 1.39. The van der Waals surface area contributed by atoms with Crippen molar-refractivity contribution in [3.05, 3.63) is 107 Å². The lowest BCUT2D eigenvalue weighted by atomic mass is 9.86. The predicted octanol–water partition coefficient (Wildman–Crippen LogP) is 3.42. The summed E-state index contributed by atoms with van der Waals surface area (Å²) < 4.78 is 27.0. The Morgan fingerprint density at radius 3 is 2.08 bits per heavy atom. The van der Waals surface area contributed by atoms with Crippen LogP contribution in [0.5, 0.6) is 0 Å². The minimum atomic E-state index is -1.88. The van der Waals surface area contributed by atoms with E-state index in [9.17, 15) is 28.3 Å². The summed E-state index contributed by atoms with van der Waals surface area (Å²) >= 11 is 0. The first-order valence-corrected chi connectivity index (χ1v) is 12.4. The van der Waals surface area contributed by atoms with Crippen LogP contribution < -0.4 is 16.0 Å². The lowest BCUT2D eigenvalue weighted by Gasteiger charge is -2.23. The number of aliphatic hydroxyl groups is 1. The van der Waals surface area contributed by atoms with Gasteiger partial charge in [-0.25, -0.2) is 8.78 Å². The molecule has 38 heavy (non-hydrogen) atoms. The van der Waals surface area contributed by atoms with Gasteiger partial charge in [0.15, 0.2) is 6.10 Å². The van der Waals surface area contributed by atoms with E-state index in [-0.39, 0.29) is 23.4 Å². The number of hydrogen-bond donors (Lipinski definition) is 4. The van der Waals surface area contributed by atoms with Gasteiger partial charge in [-0.2, -0.15) is 0 Å². The third kappa shape index (κ3) is 6.60. The molecule has 0 aliphatic carbocycles. The van der Waals surface area contributed by atoms with Gasteiger partial charge in [0.05, 0.1) is 6.04 Å². The van der Waals surface area contributed by atoms with Crippen LogP contribution >= 0.6 is 0 Å². The normalized spacial score (nSPS) is 20.9. The monoisotopic (exact) mass is 521 g/mol. The molecule has 0 bridgehead atoms. The minimum Gasteiger partial charge on any atom is -0.378 e. The molecule has 0 unspecified atom stereocenters. The van der Waals surface area contributed by atoms with Crippen LogP contribution in [-0.4, -0.2) is 34.9 Å². The van der Waals surface area contributed by atoms with Gasteiger partial charge in [0.2, 0.25) is 11.8 Å². The molecule has 1 heterocycles. The molecule has 4 rings (SSSR count). The van der Waals surface area contributed by atoms with E-state index in [1.54, 1.807) is 0 Å². The molecule has 1 aliphatic heterocycles. The number of benzene rings is 3. The van der Waals surface area contributed by atoms with E-state index in [1.165, 1.54) is 6.92 Å². The van der Waals surface area contributed by atoms with Crippen LogP contribution in [0.4, 0.5) is 8.78 Å². The summed E-state index contributed by atoms with van der Waals surface area (Å²) in [5.74, 6) is -3.92. The molecule has 0 aromatic heterocycles. The van der Waals surface area contributed by atoms with Gasteiger partial charge < -0.3 is 21.1 Å². The highest BCUT2D eigenvalue weighted by atomic mass is 19.1. The Morgan fingerprint density at radius 2 is 1.47 bits per heavy atom. The second-order valence-electron chi connectivity index (χ2n) is 9.45. The second kappa shape index (κ2) is 12.0. The summed E-state index contributed by atoms with van der Waals surface area (Å²) in [5.41, 5.74) is 1.71. The zero-order chi connectivity index (χ0) is 27.2. The second-order valence-corrected chi connectivity index (χ2v) is 9.45. The van der Waals surface area contributed by atoms with Crippen molar-refractivity contribution < 1.29 is 28.3 Å². The third-order valence-corrected chi connectivity index (χ3v) is 6.66. The largest absolute Gasteiger partial charge is 0.378 e. The van der Waals surface area contributed by atoms with E-state index in [4.69, 9.17) is 0 Å². The fraction of sp³-hybridized carbons (Fsp3) is 0.276. The quantitative estimate of drug-likeness (QED) is 0.382. The maximum absolute atomic E-state index is 13.5. The van der Waals surface area contributed by atoms with Crippen molar-refractivity contribution >= 4 is 17.7 Å². The summed E-state index contributed by atoms with van der Waals surface area (Å²) in [6, 6.07) is 19.4. The fourth-order valence-corrected chi connectivity index (χ4v) is 4.67. The number of rotatable bonds is 7. The van der Waals surface area contributed by atoms with E-state index in [1.807, 2.05) is 60.7 Å². The molecule has 4 N–H and O–H groups in total. The van der Waals surface area contributed by atoms with Crippen LogP contribution in [0.15, 0.2) is 78.9 Å². The molecule has 198 valence electrons. The van der Waals surface area contributed by atoms with Crippen molar-refractivity contribution in [2.75, 3.05) is 0 Å². The topological polar surface area (TPSA) is 108 Å². The Morgan fingerprint density at radius 1 is 0.895 bits per heavy atom. The van der Waals surface area contributed by atoms with Crippen molar-refractivity contribution in [3.8, 4) is 0 Å². The van der Waals surface area contributed by atoms with Gasteiger partial charge >= 0.3 is 0 Å². The molecular weight excluding hydrogens is 492 g/mol. The average molecular weight is 522 g/mol. The number of carbonyl (C=O) groups excluding carboxylic acids is 3. The number of aliphatic hydroxyl groups excluding tert-OH is 1. The van der Waals surface area contributed by atoms with Gasteiger partial charge in [-0.05, 0) is 54.5 Å². The predicted molar refractivity (Wildman–Crippen MR) is 137 cm³/mol. The third-order valence-electron chi connectivity index (χ3n) is 6.66. The molecule has 1 saturated heterocycles. The Labute approximate surface area is 219 Å². The summed E-state index contributed by atoms with van der Waals surface area (Å²) in [6.07, 6.45) is -0.906. The number of nitrogens with one attached hydrogen (secondary N) is 3. The van der Waals surface area contributed by atoms with Crippen molar-refractivity contribution in [2.45, 2.75) is 49.9 Å². The highest BCUT2D eigenvalue weighted by Gasteiger charge is 2.34. The standard InChI is InChI=1S/C29H29F2N3O4/c1-17(32-29(38)26(35)21-12-22(30)16-23(31)13-21)27(36)34-25-15-20(18-8-4-2-5-9-18)14-24(33-28(25)37)19-10-6-3-7-11-19/h2-13,16-17,20,24-26,35H,14-15H2,1H3,(H,32,38)(H,33,37)(H,34,36)/t17-,20-,24-,25-,26+/m0/s1. The average Bonchev–Trinajstić information content (AvgIpc) is 3.07. The van der Waals surface area contributed by atoms with Crippen LogP contribution in [-0.2, 0) is 14.4 Å². The summed E-state index contributed by atoms with van der Waals surface area (Å²) in [5, 5.41) is 18.3. The molecule has 1 aliphatic rings. The lowest BCUT2D eigenvalue weighted by Crippen LogP contribution is -2.53. The first kappa shape index (κ1) is 26.9. The van der Waals surface area contributed by atoms with Crippen molar-refractivity contribution in [3.63, 3.8) is 0 Å². The number of carbonyl (C=O) groups is 3. The molecular formula is C29H29F2N3O4. The van der Waals surface area contributed by atoms with Crippen molar-refractivity contribution in [2.24, 2.45) is 0 Å². The van der Waals surface area contributed by atoms with E-state index in [0.29, 0.717) is 18.9 Å². The van der Waals surface area contributed by atoms with Gasteiger partial charge in [0, 0.05) is 6.07 Å². The Kier molecular flexibility index (Phi) is 8.48. The summed E-state index contributed by atoms with van der Waals surface area (Å²) in [4.78, 5) is 38.6. The van der Waals surface area contributed by atoms with Crippen LogP contribution in [0, 0.1) is 11.6 Å². The zero-order valence-corrected chi connectivity index (χ0v) is 20.7. The first-order chi connectivity index (χ1) is 18.2. The van der Waals surface area contributed by atoms with Crippen LogP contribution in [0.25, 0.3) is 0 Å². The fourth-order valence-electron chi connectivity index (χ4n) is 4.67. The van der Waals surface area contributed by atoms with E-state index in [0.717, 1.165) is 23.3 Å². The smallest absolute Gasteiger partial charge is 0.254 e. The highest BCUT2D eigenvalue weighted by molar-refractivity contribution is 5.93. The van der Waals surface area contributed by atoms with Gasteiger partial charge in [0.1, 0.15) is 23.7 Å². The number of hydrogen-bond acceptors (Lipinski definition) is 4. The van der Waals surface area contributed by atoms with Crippen LogP contribution in [0.2, 0.25) is 0 Å². The Bertz CT molecular complexity index is 1270. The van der Waals surface area contributed by atoms with Gasteiger partial charge in [-0.3, -0.25) is 14.4 Å². The molecule has 1 fully saturated rings. The maximum Gasteiger partial charge on any atom is 0.254 e. The lowest BCUT2D eigenvalue weighted by molar-refractivity contribution is -0.135.